The Kier molecular flexibility index (Phi) is 4.97. The van der Waals surface area contributed by atoms with Crippen LogP contribution < -0.4 is 9.62 Å². The average molecular weight is 422 g/mol. The highest BCUT2D eigenvalue weighted by Gasteiger charge is 2.31. The molecule has 1 aliphatic heterocycles. The van der Waals surface area contributed by atoms with Crippen molar-refractivity contribution in [3.05, 3.63) is 35.9 Å². The molecule has 28 heavy (non-hydrogen) atoms. The summed E-state index contributed by atoms with van der Waals surface area (Å²) in [5.41, 5.74) is -0.622. The molecule has 1 aromatic heterocycles. The third-order valence-electron chi connectivity index (χ3n) is 4.31. The molecule has 0 radical (unpaired) electrons. The Balaban J connectivity index is 1.65. The smallest absolute Gasteiger partial charge is 0.416 e. The monoisotopic (exact) mass is 422 g/mol. The quantitative estimate of drug-likeness (QED) is 0.557. The first-order chi connectivity index (χ1) is 13.0. The fourth-order valence-corrected chi connectivity index (χ4v) is 4.01. The van der Waals surface area contributed by atoms with Crippen molar-refractivity contribution >= 4 is 21.6 Å². The number of halogens is 3. The van der Waals surface area contributed by atoms with Crippen LogP contribution in [0.2, 0.25) is 0 Å². The van der Waals surface area contributed by atoms with Gasteiger partial charge >= 0.3 is 16.4 Å². The number of aromatic nitrogens is 1. The van der Waals surface area contributed by atoms with E-state index in [-0.39, 0.29) is 30.9 Å². The van der Waals surface area contributed by atoms with Crippen LogP contribution in [0.3, 0.4) is 0 Å². The van der Waals surface area contributed by atoms with Crippen LogP contribution in [0.25, 0.3) is 0 Å². The van der Waals surface area contributed by atoms with Gasteiger partial charge in [-0.15, -0.1) is 4.73 Å². The van der Waals surface area contributed by atoms with Gasteiger partial charge in [-0.05, 0) is 24.3 Å². The topological polar surface area (TPSA) is 118 Å². The number of benzene rings is 1. The minimum absolute atomic E-state index is 0.0143. The van der Waals surface area contributed by atoms with Gasteiger partial charge in [-0.25, -0.2) is 0 Å². The van der Waals surface area contributed by atoms with Gasteiger partial charge in [0.15, 0.2) is 0 Å². The van der Waals surface area contributed by atoms with Gasteiger partial charge in [0.2, 0.25) is 5.88 Å². The summed E-state index contributed by atoms with van der Waals surface area (Å²) in [5, 5.41) is 28.1. The average Bonchev–Trinajstić information content (AvgIpc) is 2.87. The first-order valence-corrected chi connectivity index (χ1v) is 9.46. The summed E-state index contributed by atoms with van der Waals surface area (Å²) in [7, 11) is -4.08. The molecular formula is C15H17F3N4O5S. The number of nitrogens with zero attached hydrogens (tertiary/aromatic N) is 3. The van der Waals surface area contributed by atoms with Crippen molar-refractivity contribution in [1.82, 2.24) is 9.04 Å². The first-order valence-electron chi connectivity index (χ1n) is 8.02. The Morgan fingerprint density at radius 1 is 1.00 bits per heavy atom. The molecule has 0 amide bonds. The number of hydrogen-bond donors (Lipinski definition) is 4. The Labute approximate surface area is 158 Å². The highest BCUT2D eigenvalue weighted by atomic mass is 32.2. The van der Waals surface area contributed by atoms with Crippen molar-refractivity contribution < 1.29 is 37.0 Å². The van der Waals surface area contributed by atoms with Crippen LogP contribution in [-0.2, 0) is 16.4 Å². The highest BCUT2D eigenvalue weighted by molar-refractivity contribution is 7.90. The van der Waals surface area contributed by atoms with Gasteiger partial charge in [0.05, 0.1) is 5.56 Å². The molecule has 2 aromatic rings. The van der Waals surface area contributed by atoms with Crippen molar-refractivity contribution in [3.63, 3.8) is 0 Å². The molecule has 2 heterocycles. The number of alkyl halides is 3. The van der Waals surface area contributed by atoms with Gasteiger partial charge in [-0.3, -0.25) is 4.72 Å². The van der Waals surface area contributed by atoms with E-state index in [2.05, 4.69) is 4.72 Å². The molecule has 0 aliphatic carbocycles. The summed E-state index contributed by atoms with van der Waals surface area (Å²) in [4.78, 5) is 1.75. The zero-order valence-electron chi connectivity index (χ0n) is 14.3. The molecule has 1 fully saturated rings. The second-order valence-electron chi connectivity index (χ2n) is 6.09. The maximum atomic E-state index is 12.6. The van der Waals surface area contributed by atoms with Crippen LogP contribution in [0.15, 0.2) is 30.3 Å². The van der Waals surface area contributed by atoms with Crippen LogP contribution in [0.5, 0.6) is 11.8 Å². The Bertz CT molecular complexity index is 951. The molecule has 0 spiro atoms. The SMILES string of the molecule is O=S(=O)(Nc1cc(O)n(O)c1O)N1CCN(c2ccc(C(F)(F)F)cc2)CC1. The molecule has 154 valence electrons. The van der Waals surface area contributed by atoms with Crippen molar-refractivity contribution in [2.45, 2.75) is 6.18 Å². The zero-order chi connectivity index (χ0) is 20.7. The van der Waals surface area contributed by atoms with E-state index in [0.717, 1.165) is 22.5 Å². The molecule has 1 saturated heterocycles. The van der Waals surface area contributed by atoms with E-state index in [1.165, 1.54) is 12.1 Å². The van der Waals surface area contributed by atoms with E-state index >= 15 is 0 Å². The number of rotatable bonds is 4. The number of piperazine rings is 1. The van der Waals surface area contributed by atoms with Gasteiger partial charge < -0.3 is 20.3 Å². The maximum Gasteiger partial charge on any atom is 0.416 e. The lowest BCUT2D eigenvalue weighted by molar-refractivity contribution is -0.137. The Morgan fingerprint density at radius 2 is 1.57 bits per heavy atom. The molecule has 0 unspecified atom stereocenters. The molecule has 0 saturated carbocycles. The normalized spacial score (nSPS) is 16.3. The van der Waals surface area contributed by atoms with Crippen LogP contribution in [0.4, 0.5) is 24.5 Å². The van der Waals surface area contributed by atoms with Crippen LogP contribution in [0, 0.1) is 0 Å². The fraction of sp³-hybridized carbons (Fsp3) is 0.333. The van der Waals surface area contributed by atoms with E-state index in [0.29, 0.717) is 5.69 Å². The lowest BCUT2D eigenvalue weighted by atomic mass is 10.2. The van der Waals surface area contributed by atoms with E-state index in [9.17, 15) is 37.0 Å². The van der Waals surface area contributed by atoms with E-state index in [1.54, 1.807) is 4.90 Å². The lowest BCUT2D eigenvalue weighted by Gasteiger charge is -2.35. The van der Waals surface area contributed by atoms with E-state index in [1.807, 2.05) is 0 Å². The highest BCUT2D eigenvalue weighted by Crippen LogP contribution is 2.32. The Morgan fingerprint density at radius 3 is 2.04 bits per heavy atom. The van der Waals surface area contributed by atoms with Crippen molar-refractivity contribution in [1.29, 1.82) is 0 Å². The number of nitrogens with one attached hydrogen (secondary N) is 1. The molecular weight excluding hydrogens is 405 g/mol. The molecule has 9 nitrogen and oxygen atoms in total. The van der Waals surface area contributed by atoms with Gasteiger partial charge in [-0.2, -0.15) is 25.9 Å². The lowest BCUT2D eigenvalue weighted by Crippen LogP contribution is -2.50. The summed E-state index contributed by atoms with van der Waals surface area (Å²) < 4.78 is 65.9. The van der Waals surface area contributed by atoms with Gasteiger partial charge in [0, 0.05) is 37.9 Å². The van der Waals surface area contributed by atoms with Crippen LogP contribution >= 0.6 is 0 Å². The Hall–Kier alpha value is -2.80. The first kappa shape index (κ1) is 19.9. The van der Waals surface area contributed by atoms with Crippen molar-refractivity contribution in [3.8, 4) is 11.8 Å². The predicted molar refractivity (Wildman–Crippen MR) is 92.7 cm³/mol. The van der Waals surface area contributed by atoms with Crippen molar-refractivity contribution in [2.75, 3.05) is 35.8 Å². The minimum Gasteiger partial charge on any atom is -0.492 e. The van der Waals surface area contributed by atoms with Crippen LogP contribution in [0.1, 0.15) is 5.56 Å². The molecule has 3 rings (SSSR count). The molecule has 0 atom stereocenters. The molecule has 1 aromatic carbocycles. The minimum atomic E-state index is -4.43. The number of hydrogen-bond acceptors (Lipinski definition) is 6. The fourth-order valence-electron chi connectivity index (χ4n) is 2.80. The largest absolute Gasteiger partial charge is 0.492 e. The maximum absolute atomic E-state index is 12.6. The van der Waals surface area contributed by atoms with Gasteiger partial charge in [0.1, 0.15) is 5.69 Å². The van der Waals surface area contributed by atoms with Gasteiger partial charge in [0.25, 0.3) is 5.88 Å². The molecule has 0 bridgehead atoms. The van der Waals surface area contributed by atoms with Gasteiger partial charge in [-0.1, -0.05) is 0 Å². The third kappa shape index (κ3) is 3.89. The summed E-state index contributed by atoms with van der Waals surface area (Å²) >= 11 is 0. The summed E-state index contributed by atoms with van der Waals surface area (Å²) in [5.74, 6) is -1.62. The molecule has 1 aliphatic rings. The molecule has 4 N–H and O–H groups in total. The summed E-state index contributed by atoms with van der Waals surface area (Å²) in [6.45, 7) is 0.570. The van der Waals surface area contributed by atoms with E-state index < -0.39 is 39.4 Å². The van der Waals surface area contributed by atoms with Crippen LogP contribution in [-0.4, -0.2) is 59.1 Å². The summed E-state index contributed by atoms with van der Waals surface area (Å²) in [6, 6.07) is 5.43. The second-order valence-corrected chi connectivity index (χ2v) is 7.76. The standard InChI is InChI=1S/C15H17F3N4O5S/c16-15(17,18)10-1-3-11(4-2-10)20-5-7-21(8-6-20)28(26,27)19-12-9-13(23)22(25)14(12)24/h1-4,9,19,23-25H,5-8H2. The predicted octanol–water partition coefficient (Wildman–Crippen LogP) is 1.63. The number of anilines is 2. The number of aromatic hydroxyl groups is 2. The van der Waals surface area contributed by atoms with Crippen molar-refractivity contribution in [2.24, 2.45) is 0 Å². The second kappa shape index (κ2) is 6.98. The molecule has 13 heteroatoms. The van der Waals surface area contributed by atoms with E-state index in [4.69, 9.17) is 0 Å². The zero-order valence-corrected chi connectivity index (χ0v) is 15.1. The summed E-state index contributed by atoms with van der Waals surface area (Å²) in [6.07, 6.45) is -4.43. The third-order valence-corrected chi connectivity index (χ3v) is 5.83.